The molecule has 0 unspecified atom stereocenters. The molecule has 1 aromatic rings. The van der Waals surface area contributed by atoms with E-state index in [1.54, 1.807) is 0 Å². The molecule has 1 N–H and O–H groups in total. The third-order valence-electron chi connectivity index (χ3n) is 3.77. The van der Waals surface area contributed by atoms with Crippen LogP contribution in [-0.2, 0) is 11.3 Å². The fourth-order valence-electron chi connectivity index (χ4n) is 2.41. The van der Waals surface area contributed by atoms with Gasteiger partial charge in [-0.3, -0.25) is 0 Å². The SMILES string of the molecule is Cc1cc(Cl)ccc1CNCCN(C(=O)OC(C)(C)C)C1CC1. The highest BCUT2D eigenvalue weighted by molar-refractivity contribution is 6.30. The third kappa shape index (κ3) is 6.04. The van der Waals surface area contributed by atoms with Crippen molar-refractivity contribution in [2.45, 2.75) is 58.7 Å². The maximum Gasteiger partial charge on any atom is 0.410 e. The first kappa shape index (κ1) is 18.1. The molecular weight excluding hydrogens is 312 g/mol. The van der Waals surface area contributed by atoms with E-state index in [0.29, 0.717) is 12.6 Å². The average molecular weight is 339 g/mol. The van der Waals surface area contributed by atoms with Crippen molar-refractivity contribution in [3.63, 3.8) is 0 Å². The highest BCUT2D eigenvalue weighted by atomic mass is 35.5. The van der Waals surface area contributed by atoms with Crippen LogP contribution in [0.3, 0.4) is 0 Å². The van der Waals surface area contributed by atoms with Crippen molar-refractivity contribution in [3.8, 4) is 0 Å². The van der Waals surface area contributed by atoms with Crippen molar-refractivity contribution < 1.29 is 9.53 Å². The molecule has 1 aliphatic rings. The van der Waals surface area contributed by atoms with E-state index in [2.05, 4.69) is 12.2 Å². The molecule has 0 bridgehead atoms. The molecule has 1 saturated carbocycles. The van der Waals surface area contributed by atoms with Crippen LogP contribution in [0.1, 0.15) is 44.7 Å². The number of nitrogens with zero attached hydrogens (tertiary/aromatic N) is 1. The molecule has 5 heteroatoms. The quantitative estimate of drug-likeness (QED) is 0.793. The first-order chi connectivity index (χ1) is 10.8. The Morgan fingerprint density at radius 1 is 1.39 bits per heavy atom. The Morgan fingerprint density at radius 2 is 2.09 bits per heavy atom. The molecule has 1 aromatic carbocycles. The summed E-state index contributed by atoms with van der Waals surface area (Å²) in [6.07, 6.45) is 1.95. The van der Waals surface area contributed by atoms with Crippen LogP contribution in [0.25, 0.3) is 0 Å². The number of aryl methyl sites for hydroxylation is 1. The van der Waals surface area contributed by atoms with Crippen molar-refractivity contribution in [1.82, 2.24) is 10.2 Å². The summed E-state index contributed by atoms with van der Waals surface area (Å²) in [4.78, 5) is 14.1. The van der Waals surface area contributed by atoms with Crippen LogP contribution < -0.4 is 5.32 Å². The predicted octanol–water partition coefficient (Wildman–Crippen LogP) is 4.14. The summed E-state index contributed by atoms with van der Waals surface area (Å²) in [6, 6.07) is 6.26. The largest absolute Gasteiger partial charge is 0.444 e. The molecule has 1 fully saturated rings. The molecule has 2 rings (SSSR count). The highest BCUT2D eigenvalue weighted by Gasteiger charge is 2.34. The number of ether oxygens (including phenoxy) is 1. The second-order valence-electron chi connectivity index (χ2n) is 7.15. The fourth-order valence-corrected chi connectivity index (χ4v) is 2.64. The summed E-state index contributed by atoms with van der Waals surface area (Å²) < 4.78 is 5.49. The van der Waals surface area contributed by atoms with Gasteiger partial charge in [0.15, 0.2) is 0 Å². The Kier molecular flexibility index (Phi) is 5.93. The minimum absolute atomic E-state index is 0.204. The summed E-state index contributed by atoms with van der Waals surface area (Å²) >= 11 is 5.97. The number of amides is 1. The monoisotopic (exact) mass is 338 g/mol. The van der Waals surface area contributed by atoms with Crippen LogP contribution in [0.15, 0.2) is 18.2 Å². The van der Waals surface area contributed by atoms with Gasteiger partial charge in [0, 0.05) is 30.7 Å². The zero-order chi connectivity index (χ0) is 17.0. The van der Waals surface area contributed by atoms with Crippen molar-refractivity contribution in [1.29, 1.82) is 0 Å². The van der Waals surface area contributed by atoms with Gasteiger partial charge in [0.2, 0.25) is 0 Å². The molecule has 4 nitrogen and oxygen atoms in total. The van der Waals surface area contributed by atoms with Crippen molar-refractivity contribution in [2.75, 3.05) is 13.1 Å². The molecule has 0 saturated heterocycles. The van der Waals surface area contributed by atoms with Gasteiger partial charge in [0.1, 0.15) is 5.60 Å². The Morgan fingerprint density at radius 3 is 2.65 bits per heavy atom. The Balaban J connectivity index is 1.79. The summed E-state index contributed by atoms with van der Waals surface area (Å²) in [5.74, 6) is 0. The predicted molar refractivity (Wildman–Crippen MR) is 93.9 cm³/mol. The second-order valence-corrected chi connectivity index (χ2v) is 7.59. The highest BCUT2D eigenvalue weighted by Crippen LogP contribution is 2.28. The summed E-state index contributed by atoms with van der Waals surface area (Å²) in [7, 11) is 0. The molecule has 0 radical (unpaired) electrons. The number of rotatable bonds is 6. The number of carbonyl (C=O) groups is 1. The van der Waals surface area contributed by atoms with Crippen LogP contribution in [0.5, 0.6) is 0 Å². The number of hydrogen-bond acceptors (Lipinski definition) is 3. The van der Waals surface area contributed by atoms with Crippen LogP contribution in [-0.4, -0.2) is 35.7 Å². The minimum Gasteiger partial charge on any atom is -0.444 e. The van der Waals surface area contributed by atoms with E-state index in [4.69, 9.17) is 16.3 Å². The van der Waals surface area contributed by atoms with E-state index in [1.807, 2.05) is 43.9 Å². The van der Waals surface area contributed by atoms with Gasteiger partial charge < -0.3 is 15.0 Å². The molecule has 128 valence electrons. The Labute approximate surface area is 144 Å². The van der Waals surface area contributed by atoms with E-state index in [-0.39, 0.29) is 6.09 Å². The molecule has 1 aliphatic carbocycles. The number of hydrogen-bond donors (Lipinski definition) is 1. The van der Waals surface area contributed by atoms with Gasteiger partial charge >= 0.3 is 6.09 Å². The molecular formula is C18H27ClN2O2. The standard InChI is InChI=1S/C18H27ClN2O2/c1-13-11-15(19)6-5-14(13)12-20-9-10-21(16-7-8-16)17(22)23-18(2,3)4/h5-6,11,16,20H,7-10,12H2,1-4H3. The minimum atomic E-state index is -0.446. The van der Waals surface area contributed by atoms with Crippen LogP contribution in [0, 0.1) is 6.92 Å². The van der Waals surface area contributed by atoms with Crippen LogP contribution >= 0.6 is 11.6 Å². The average Bonchev–Trinajstić information content (AvgIpc) is 3.23. The fraction of sp³-hybridized carbons (Fsp3) is 0.611. The molecule has 0 aliphatic heterocycles. The van der Waals surface area contributed by atoms with Gasteiger partial charge in [-0.05, 0) is 63.8 Å². The lowest BCUT2D eigenvalue weighted by atomic mass is 10.1. The van der Waals surface area contributed by atoms with Crippen LogP contribution in [0.2, 0.25) is 5.02 Å². The zero-order valence-electron chi connectivity index (χ0n) is 14.5. The second kappa shape index (κ2) is 7.54. The summed E-state index contributed by atoms with van der Waals surface area (Å²) in [5.41, 5.74) is 1.96. The molecule has 0 spiro atoms. The van der Waals surface area contributed by atoms with Crippen LogP contribution in [0.4, 0.5) is 4.79 Å². The number of halogens is 1. The van der Waals surface area contributed by atoms with Crippen molar-refractivity contribution >= 4 is 17.7 Å². The molecule has 23 heavy (non-hydrogen) atoms. The molecule has 0 heterocycles. The topological polar surface area (TPSA) is 41.6 Å². The van der Waals surface area contributed by atoms with E-state index in [9.17, 15) is 4.79 Å². The first-order valence-corrected chi connectivity index (χ1v) is 8.59. The summed E-state index contributed by atoms with van der Waals surface area (Å²) in [5, 5.41) is 4.16. The number of benzene rings is 1. The van der Waals surface area contributed by atoms with Crippen molar-refractivity contribution in [3.05, 3.63) is 34.3 Å². The third-order valence-corrected chi connectivity index (χ3v) is 4.00. The lowest BCUT2D eigenvalue weighted by Gasteiger charge is -2.27. The van der Waals surface area contributed by atoms with Gasteiger partial charge in [0.05, 0.1) is 0 Å². The Hall–Kier alpha value is -1.26. The lowest BCUT2D eigenvalue weighted by Crippen LogP contribution is -2.41. The van der Waals surface area contributed by atoms with Gasteiger partial charge in [-0.15, -0.1) is 0 Å². The van der Waals surface area contributed by atoms with E-state index in [0.717, 1.165) is 31.0 Å². The zero-order valence-corrected chi connectivity index (χ0v) is 15.2. The van der Waals surface area contributed by atoms with Gasteiger partial charge in [-0.1, -0.05) is 17.7 Å². The van der Waals surface area contributed by atoms with E-state index >= 15 is 0 Å². The van der Waals surface area contributed by atoms with Gasteiger partial charge in [-0.25, -0.2) is 4.79 Å². The number of carbonyl (C=O) groups excluding carboxylic acids is 1. The Bertz CT molecular complexity index is 550. The maximum atomic E-state index is 12.3. The number of nitrogens with one attached hydrogen (secondary N) is 1. The molecule has 1 amide bonds. The smallest absolute Gasteiger partial charge is 0.410 e. The molecule has 0 atom stereocenters. The van der Waals surface area contributed by atoms with E-state index < -0.39 is 5.60 Å². The maximum absolute atomic E-state index is 12.3. The lowest BCUT2D eigenvalue weighted by molar-refractivity contribution is 0.0236. The van der Waals surface area contributed by atoms with E-state index in [1.165, 1.54) is 11.1 Å². The molecule has 0 aromatic heterocycles. The summed E-state index contributed by atoms with van der Waals surface area (Å²) in [6.45, 7) is 9.95. The van der Waals surface area contributed by atoms with Gasteiger partial charge in [0.25, 0.3) is 0 Å². The van der Waals surface area contributed by atoms with Gasteiger partial charge in [-0.2, -0.15) is 0 Å². The first-order valence-electron chi connectivity index (χ1n) is 8.21. The van der Waals surface area contributed by atoms with Crippen molar-refractivity contribution in [2.24, 2.45) is 0 Å². The normalized spacial score (nSPS) is 14.7.